The molecule has 21 heavy (non-hydrogen) atoms. The van der Waals surface area contributed by atoms with Crippen LogP contribution in [-0.2, 0) is 4.79 Å². The molecule has 1 rings (SSSR count). The van der Waals surface area contributed by atoms with Crippen LogP contribution >= 0.6 is 0 Å². The molecule has 0 saturated heterocycles. The summed E-state index contributed by atoms with van der Waals surface area (Å²) >= 11 is 0. The molecule has 0 fully saturated rings. The number of rotatable bonds is 8. The van der Waals surface area contributed by atoms with Gasteiger partial charge in [0.1, 0.15) is 0 Å². The standard InChI is InChI=1S/C16H23N3O2/c1-13(20)9-11-19(2)10-3-4-16(21)18-15-7-5-14(12-17)6-8-15/h5-8,13,20H,3-4,9-11H2,1-2H3,(H,18,21). The van der Waals surface area contributed by atoms with Gasteiger partial charge in [0.2, 0.25) is 5.91 Å². The molecular formula is C16H23N3O2. The number of nitrogens with one attached hydrogen (secondary N) is 1. The lowest BCUT2D eigenvalue weighted by atomic mass is 10.2. The molecule has 1 atom stereocenters. The predicted octanol–water partition coefficient (Wildman–Crippen LogP) is 1.98. The van der Waals surface area contributed by atoms with Crippen LogP contribution in [0.1, 0.15) is 31.7 Å². The summed E-state index contributed by atoms with van der Waals surface area (Å²) in [6.07, 6.45) is 1.69. The first kappa shape index (κ1) is 17.2. The van der Waals surface area contributed by atoms with Gasteiger partial charge in [-0.2, -0.15) is 5.26 Å². The molecule has 1 amide bonds. The number of nitriles is 1. The van der Waals surface area contributed by atoms with E-state index in [0.29, 0.717) is 17.7 Å². The minimum absolute atomic E-state index is 0.0244. The van der Waals surface area contributed by atoms with E-state index in [1.165, 1.54) is 0 Å². The Kier molecular flexibility index (Phi) is 7.44. The third kappa shape index (κ3) is 7.45. The van der Waals surface area contributed by atoms with Crippen LogP contribution in [0.2, 0.25) is 0 Å². The fraction of sp³-hybridized carbons (Fsp3) is 0.500. The summed E-state index contributed by atoms with van der Waals surface area (Å²) < 4.78 is 0. The highest BCUT2D eigenvalue weighted by Crippen LogP contribution is 2.09. The first-order chi connectivity index (χ1) is 10.0. The maximum Gasteiger partial charge on any atom is 0.224 e. The minimum Gasteiger partial charge on any atom is -0.393 e. The van der Waals surface area contributed by atoms with Crippen molar-refractivity contribution in [3.63, 3.8) is 0 Å². The number of carbonyl (C=O) groups excluding carboxylic acids is 1. The number of hydrogen-bond donors (Lipinski definition) is 2. The van der Waals surface area contributed by atoms with E-state index in [1.807, 2.05) is 13.1 Å². The highest BCUT2D eigenvalue weighted by molar-refractivity contribution is 5.90. The number of anilines is 1. The van der Waals surface area contributed by atoms with E-state index in [-0.39, 0.29) is 12.0 Å². The zero-order valence-electron chi connectivity index (χ0n) is 12.7. The molecule has 5 nitrogen and oxygen atoms in total. The Balaban J connectivity index is 2.23. The van der Waals surface area contributed by atoms with E-state index in [4.69, 9.17) is 5.26 Å². The van der Waals surface area contributed by atoms with Gasteiger partial charge < -0.3 is 15.3 Å². The van der Waals surface area contributed by atoms with Crippen LogP contribution in [0, 0.1) is 11.3 Å². The highest BCUT2D eigenvalue weighted by atomic mass is 16.3. The Morgan fingerprint density at radius 3 is 2.62 bits per heavy atom. The molecule has 0 heterocycles. The van der Waals surface area contributed by atoms with Crippen molar-refractivity contribution in [3.05, 3.63) is 29.8 Å². The molecule has 0 aliphatic carbocycles. The number of amides is 1. The lowest BCUT2D eigenvalue weighted by Crippen LogP contribution is -2.24. The Bertz CT molecular complexity index is 477. The van der Waals surface area contributed by atoms with Gasteiger partial charge in [0, 0.05) is 18.7 Å². The second-order valence-corrected chi connectivity index (χ2v) is 5.28. The van der Waals surface area contributed by atoms with Gasteiger partial charge in [0.05, 0.1) is 17.7 Å². The molecule has 1 aromatic rings. The maximum atomic E-state index is 11.8. The fourth-order valence-electron chi connectivity index (χ4n) is 1.88. The van der Waals surface area contributed by atoms with E-state index in [2.05, 4.69) is 10.2 Å². The van der Waals surface area contributed by atoms with E-state index in [0.717, 1.165) is 25.9 Å². The molecule has 0 spiro atoms. The lowest BCUT2D eigenvalue weighted by molar-refractivity contribution is -0.116. The summed E-state index contributed by atoms with van der Waals surface area (Å²) in [5.41, 5.74) is 1.29. The molecule has 1 aromatic carbocycles. The number of hydrogen-bond acceptors (Lipinski definition) is 4. The quantitative estimate of drug-likeness (QED) is 0.767. The van der Waals surface area contributed by atoms with Crippen molar-refractivity contribution in [2.45, 2.75) is 32.3 Å². The monoisotopic (exact) mass is 289 g/mol. The maximum absolute atomic E-state index is 11.8. The minimum atomic E-state index is -0.285. The van der Waals surface area contributed by atoms with E-state index in [1.54, 1.807) is 31.2 Å². The zero-order chi connectivity index (χ0) is 15.7. The molecule has 1 unspecified atom stereocenters. The summed E-state index contributed by atoms with van der Waals surface area (Å²) in [5, 5.41) is 20.7. The average molecular weight is 289 g/mol. The van der Waals surface area contributed by atoms with Gasteiger partial charge in [0.15, 0.2) is 0 Å². The van der Waals surface area contributed by atoms with Crippen molar-refractivity contribution in [1.29, 1.82) is 5.26 Å². The molecule has 114 valence electrons. The molecule has 0 aliphatic heterocycles. The van der Waals surface area contributed by atoms with Crippen molar-refractivity contribution in [1.82, 2.24) is 4.90 Å². The van der Waals surface area contributed by atoms with Gasteiger partial charge in [0.25, 0.3) is 0 Å². The average Bonchev–Trinajstić information content (AvgIpc) is 2.46. The number of aliphatic hydroxyl groups is 1. The van der Waals surface area contributed by atoms with Gasteiger partial charge in [-0.1, -0.05) is 0 Å². The van der Waals surface area contributed by atoms with Gasteiger partial charge in [-0.3, -0.25) is 4.79 Å². The Labute approximate surface area is 126 Å². The topological polar surface area (TPSA) is 76.4 Å². The smallest absolute Gasteiger partial charge is 0.224 e. The van der Waals surface area contributed by atoms with Crippen LogP contribution in [-0.4, -0.2) is 42.2 Å². The van der Waals surface area contributed by atoms with Crippen LogP contribution in [0.4, 0.5) is 5.69 Å². The highest BCUT2D eigenvalue weighted by Gasteiger charge is 2.05. The summed E-state index contributed by atoms with van der Waals surface area (Å²) in [6.45, 7) is 3.43. The van der Waals surface area contributed by atoms with Crippen LogP contribution in [0.15, 0.2) is 24.3 Å². The largest absolute Gasteiger partial charge is 0.393 e. The fourth-order valence-corrected chi connectivity index (χ4v) is 1.88. The van der Waals surface area contributed by atoms with Crippen LogP contribution in [0.25, 0.3) is 0 Å². The molecule has 2 N–H and O–H groups in total. The van der Waals surface area contributed by atoms with Crippen molar-refractivity contribution in [2.24, 2.45) is 0 Å². The zero-order valence-corrected chi connectivity index (χ0v) is 12.7. The molecule has 0 bridgehead atoms. The molecule has 5 heteroatoms. The Hall–Kier alpha value is -1.90. The summed E-state index contributed by atoms with van der Waals surface area (Å²) in [5.74, 6) is -0.0244. The molecular weight excluding hydrogens is 266 g/mol. The molecule has 0 saturated carbocycles. The Morgan fingerprint density at radius 1 is 1.38 bits per heavy atom. The predicted molar refractivity (Wildman–Crippen MR) is 82.8 cm³/mol. The van der Waals surface area contributed by atoms with Crippen molar-refractivity contribution < 1.29 is 9.90 Å². The third-order valence-electron chi connectivity index (χ3n) is 3.17. The number of carbonyl (C=O) groups is 1. The van der Waals surface area contributed by atoms with Gasteiger partial charge >= 0.3 is 0 Å². The second-order valence-electron chi connectivity index (χ2n) is 5.28. The summed E-state index contributed by atoms with van der Waals surface area (Å²) in [7, 11) is 1.99. The van der Waals surface area contributed by atoms with E-state index >= 15 is 0 Å². The van der Waals surface area contributed by atoms with E-state index in [9.17, 15) is 9.90 Å². The number of benzene rings is 1. The van der Waals surface area contributed by atoms with Crippen molar-refractivity contribution in [2.75, 3.05) is 25.5 Å². The summed E-state index contributed by atoms with van der Waals surface area (Å²) in [4.78, 5) is 13.9. The lowest BCUT2D eigenvalue weighted by Gasteiger charge is -2.17. The van der Waals surface area contributed by atoms with E-state index < -0.39 is 0 Å². The first-order valence-electron chi connectivity index (χ1n) is 7.18. The van der Waals surface area contributed by atoms with Gasteiger partial charge in [-0.05, 0) is 57.6 Å². The van der Waals surface area contributed by atoms with Crippen LogP contribution < -0.4 is 5.32 Å². The normalized spacial score (nSPS) is 12.0. The number of nitrogens with zero attached hydrogens (tertiary/aromatic N) is 2. The van der Waals surface area contributed by atoms with Crippen molar-refractivity contribution in [3.8, 4) is 6.07 Å². The SMILES string of the molecule is CC(O)CCN(C)CCCC(=O)Nc1ccc(C#N)cc1. The molecule has 0 aromatic heterocycles. The van der Waals surface area contributed by atoms with Crippen LogP contribution in [0.3, 0.4) is 0 Å². The second kappa shape index (κ2) is 9.11. The summed E-state index contributed by atoms with van der Waals surface area (Å²) in [6, 6.07) is 8.85. The Morgan fingerprint density at radius 2 is 2.05 bits per heavy atom. The van der Waals surface area contributed by atoms with Gasteiger partial charge in [-0.15, -0.1) is 0 Å². The van der Waals surface area contributed by atoms with Crippen molar-refractivity contribution >= 4 is 11.6 Å². The third-order valence-corrected chi connectivity index (χ3v) is 3.17. The van der Waals surface area contributed by atoms with Crippen LogP contribution in [0.5, 0.6) is 0 Å². The van der Waals surface area contributed by atoms with Gasteiger partial charge in [-0.25, -0.2) is 0 Å². The number of aliphatic hydroxyl groups excluding tert-OH is 1. The molecule has 0 radical (unpaired) electrons. The first-order valence-corrected chi connectivity index (χ1v) is 7.18. The molecule has 0 aliphatic rings.